The number of hydrogen-bond acceptors (Lipinski definition) is 5. The highest BCUT2D eigenvalue weighted by Gasteiger charge is 2.22. The minimum atomic E-state index is -0.619. The van der Waals surface area contributed by atoms with Crippen LogP contribution in [0.1, 0.15) is 67.7 Å². The Bertz CT molecular complexity index is 1150. The standard InChI is InChI=1S/C26H31N3O3/c1-5-6-12-22-21(23(30)29-25(27)28-22)16-17-13-14-19(18-10-8-7-9-11-18)20(15-17)24(31)32-26(2,3)4/h7-11,13-15H,5-6,12,16H2,1-4H3,(H3,27,28,29,30). The molecule has 0 bridgehead atoms. The predicted molar refractivity (Wildman–Crippen MR) is 128 cm³/mol. The molecule has 6 nitrogen and oxygen atoms in total. The molecule has 0 aliphatic heterocycles. The van der Waals surface area contributed by atoms with Gasteiger partial charge in [0.15, 0.2) is 0 Å². The Morgan fingerprint density at radius 1 is 1.12 bits per heavy atom. The largest absolute Gasteiger partial charge is 0.456 e. The summed E-state index contributed by atoms with van der Waals surface area (Å²) in [5.74, 6) is -0.271. The van der Waals surface area contributed by atoms with Crippen LogP contribution in [-0.4, -0.2) is 21.5 Å². The third-order valence-corrected chi connectivity index (χ3v) is 5.07. The van der Waals surface area contributed by atoms with Crippen LogP contribution >= 0.6 is 0 Å². The van der Waals surface area contributed by atoms with Gasteiger partial charge in [0.2, 0.25) is 5.95 Å². The maximum Gasteiger partial charge on any atom is 0.339 e. The second kappa shape index (κ2) is 9.81. The van der Waals surface area contributed by atoms with E-state index < -0.39 is 11.6 Å². The van der Waals surface area contributed by atoms with Gasteiger partial charge in [-0.15, -0.1) is 0 Å². The highest BCUT2D eigenvalue weighted by atomic mass is 16.6. The van der Waals surface area contributed by atoms with E-state index in [0.29, 0.717) is 17.5 Å². The van der Waals surface area contributed by atoms with E-state index in [1.165, 1.54) is 0 Å². The highest BCUT2D eigenvalue weighted by Crippen LogP contribution is 2.28. The van der Waals surface area contributed by atoms with Crippen molar-refractivity contribution in [3.05, 3.63) is 81.3 Å². The lowest BCUT2D eigenvalue weighted by atomic mass is 9.94. The molecule has 3 rings (SSSR count). The first-order valence-electron chi connectivity index (χ1n) is 11.0. The molecular formula is C26H31N3O3. The zero-order valence-electron chi connectivity index (χ0n) is 19.2. The molecule has 1 heterocycles. The van der Waals surface area contributed by atoms with E-state index in [0.717, 1.165) is 41.6 Å². The maximum atomic E-state index is 13.1. The fourth-order valence-electron chi connectivity index (χ4n) is 3.59. The quantitative estimate of drug-likeness (QED) is 0.516. The lowest BCUT2D eigenvalue weighted by Crippen LogP contribution is -2.24. The summed E-state index contributed by atoms with van der Waals surface area (Å²) >= 11 is 0. The van der Waals surface area contributed by atoms with Gasteiger partial charge in [-0.2, -0.15) is 4.98 Å². The molecule has 168 valence electrons. The van der Waals surface area contributed by atoms with Crippen LogP contribution in [-0.2, 0) is 17.6 Å². The van der Waals surface area contributed by atoms with Crippen molar-refractivity contribution in [1.29, 1.82) is 0 Å². The average molecular weight is 434 g/mol. The molecule has 0 amide bonds. The molecule has 2 aromatic carbocycles. The smallest absolute Gasteiger partial charge is 0.339 e. The number of H-pyrrole nitrogens is 1. The number of hydrogen-bond donors (Lipinski definition) is 2. The Kier molecular flexibility index (Phi) is 7.13. The Labute approximate surface area is 188 Å². The van der Waals surface area contributed by atoms with Gasteiger partial charge >= 0.3 is 5.97 Å². The summed E-state index contributed by atoms with van der Waals surface area (Å²) in [5, 5.41) is 0. The van der Waals surface area contributed by atoms with Crippen LogP contribution in [0, 0.1) is 0 Å². The van der Waals surface area contributed by atoms with Crippen LogP contribution in [0.5, 0.6) is 0 Å². The van der Waals surface area contributed by atoms with Gasteiger partial charge in [0, 0.05) is 17.7 Å². The molecule has 0 aliphatic rings. The molecule has 0 spiro atoms. The molecule has 0 atom stereocenters. The van der Waals surface area contributed by atoms with Crippen LogP contribution in [0.3, 0.4) is 0 Å². The number of aromatic nitrogens is 2. The molecule has 0 radical (unpaired) electrons. The maximum absolute atomic E-state index is 13.1. The Balaban J connectivity index is 2.05. The number of nitrogens with zero attached hydrogens (tertiary/aromatic N) is 1. The minimum Gasteiger partial charge on any atom is -0.456 e. The molecule has 3 N–H and O–H groups in total. The van der Waals surface area contributed by atoms with E-state index in [9.17, 15) is 9.59 Å². The third-order valence-electron chi connectivity index (χ3n) is 5.07. The van der Waals surface area contributed by atoms with Crippen molar-refractivity contribution in [1.82, 2.24) is 9.97 Å². The summed E-state index contributed by atoms with van der Waals surface area (Å²) < 4.78 is 5.67. The van der Waals surface area contributed by atoms with Gasteiger partial charge in [0.05, 0.1) is 5.56 Å². The van der Waals surface area contributed by atoms with Crippen LogP contribution in [0.2, 0.25) is 0 Å². The van der Waals surface area contributed by atoms with E-state index in [1.54, 1.807) is 0 Å². The lowest BCUT2D eigenvalue weighted by Gasteiger charge is -2.21. The number of esters is 1. The monoisotopic (exact) mass is 433 g/mol. The number of unbranched alkanes of at least 4 members (excludes halogenated alkanes) is 1. The van der Waals surface area contributed by atoms with E-state index in [2.05, 4.69) is 16.9 Å². The number of anilines is 1. The van der Waals surface area contributed by atoms with E-state index in [-0.39, 0.29) is 11.5 Å². The van der Waals surface area contributed by atoms with Crippen molar-refractivity contribution in [2.75, 3.05) is 5.73 Å². The molecule has 0 saturated carbocycles. The number of carbonyl (C=O) groups is 1. The van der Waals surface area contributed by atoms with Crippen molar-refractivity contribution in [3.8, 4) is 11.1 Å². The number of ether oxygens (including phenoxy) is 1. The van der Waals surface area contributed by atoms with Crippen LogP contribution in [0.25, 0.3) is 11.1 Å². The summed E-state index contributed by atoms with van der Waals surface area (Å²) in [7, 11) is 0. The SMILES string of the molecule is CCCCc1[nH]c(N)nc(=O)c1Cc1ccc(-c2ccccc2)c(C(=O)OC(C)(C)C)c1. The number of nitrogens with one attached hydrogen (secondary N) is 1. The van der Waals surface area contributed by atoms with E-state index in [4.69, 9.17) is 10.5 Å². The topological polar surface area (TPSA) is 98.1 Å². The van der Waals surface area contributed by atoms with Crippen molar-refractivity contribution in [3.63, 3.8) is 0 Å². The van der Waals surface area contributed by atoms with E-state index in [1.807, 2.05) is 69.3 Å². The number of nitrogens with two attached hydrogens (primary N) is 1. The third kappa shape index (κ3) is 5.84. The molecule has 32 heavy (non-hydrogen) atoms. The Hall–Kier alpha value is -3.41. The van der Waals surface area contributed by atoms with Gasteiger partial charge in [0.25, 0.3) is 5.56 Å². The molecule has 6 heteroatoms. The van der Waals surface area contributed by atoms with Crippen LogP contribution in [0.15, 0.2) is 53.3 Å². The normalized spacial score (nSPS) is 11.4. The predicted octanol–water partition coefficient (Wildman–Crippen LogP) is 4.91. The fraction of sp³-hybridized carbons (Fsp3) is 0.346. The summed E-state index contributed by atoms with van der Waals surface area (Å²) in [4.78, 5) is 32.6. The molecule has 0 fully saturated rings. The van der Waals surface area contributed by atoms with Crippen molar-refractivity contribution in [2.24, 2.45) is 0 Å². The first kappa shape index (κ1) is 23.3. The molecular weight excluding hydrogens is 402 g/mol. The van der Waals surface area contributed by atoms with Gasteiger partial charge in [-0.1, -0.05) is 55.8 Å². The van der Waals surface area contributed by atoms with Gasteiger partial charge in [-0.05, 0) is 56.4 Å². The number of aromatic amines is 1. The molecule has 1 aromatic heterocycles. The van der Waals surface area contributed by atoms with Gasteiger partial charge in [-0.3, -0.25) is 4.79 Å². The first-order valence-corrected chi connectivity index (χ1v) is 11.0. The molecule has 0 saturated heterocycles. The van der Waals surface area contributed by atoms with Crippen LogP contribution < -0.4 is 11.3 Å². The summed E-state index contributed by atoms with van der Waals surface area (Å²) in [5.41, 5.74) is 9.22. The van der Waals surface area contributed by atoms with Crippen LogP contribution in [0.4, 0.5) is 5.95 Å². The van der Waals surface area contributed by atoms with Crippen molar-refractivity contribution < 1.29 is 9.53 Å². The Morgan fingerprint density at radius 2 is 1.84 bits per heavy atom. The first-order chi connectivity index (χ1) is 15.2. The second-order valence-corrected chi connectivity index (χ2v) is 8.91. The lowest BCUT2D eigenvalue weighted by molar-refractivity contribution is 0.00703. The zero-order valence-corrected chi connectivity index (χ0v) is 19.2. The number of aryl methyl sites for hydroxylation is 1. The van der Waals surface area contributed by atoms with Gasteiger partial charge in [-0.25, -0.2) is 4.79 Å². The number of nitrogen functional groups attached to an aromatic ring is 1. The minimum absolute atomic E-state index is 0.124. The molecule has 0 unspecified atom stereocenters. The molecule has 3 aromatic rings. The highest BCUT2D eigenvalue weighted by molar-refractivity contribution is 5.97. The Morgan fingerprint density at radius 3 is 2.50 bits per heavy atom. The van der Waals surface area contributed by atoms with Crippen molar-refractivity contribution >= 4 is 11.9 Å². The average Bonchev–Trinajstić information content (AvgIpc) is 2.73. The number of benzene rings is 2. The van der Waals surface area contributed by atoms with Gasteiger partial charge in [0.1, 0.15) is 5.60 Å². The molecule has 0 aliphatic carbocycles. The zero-order chi connectivity index (χ0) is 23.3. The fourth-order valence-corrected chi connectivity index (χ4v) is 3.59. The summed E-state index contributed by atoms with van der Waals surface area (Å²) in [6.07, 6.45) is 3.00. The summed E-state index contributed by atoms with van der Waals surface area (Å²) in [6.45, 7) is 7.63. The number of rotatable bonds is 7. The van der Waals surface area contributed by atoms with Gasteiger partial charge < -0.3 is 15.5 Å². The number of carbonyl (C=O) groups excluding carboxylic acids is 1. The van der Waals surface area contributed by atoms with E-state index >= 15 is 0 Å². The van der Waals surface area contributed by atoms with Crippen molar-refractivity contribution in [2.45, 2.75) is 59.0 Å². The second-order valence-electron chi connectivity index (χ2n) is 8.91. The summed E-state index contributed by atoms with van der Waals surface area (Å²) in [6, 6.07) is 15.4.